The molecule has 0 radical (unpaired) electrons. The third-order valence-corrected chi connectivity index (χ3v) is 3.77. The van der Waals surface area contributed by atoms with Gasteiger partial charge in [-0.1, -0.05) is 30.3 Å². The van der Waals surface area contributed by atoms with Gasteiger partial charge in [-0.3, -0.25) is 9.63 Å². The molecule has 0 aliphatic carbocycles. The minimum atomic E-state index is -0.500. The zero-order valence-corrected chi connectivity index (χ0v) is 11.9. The Bertz CT molecular complexity index is 416. The summed E-state index contributed by atoms with van der Waals surface area (Å²) in [4.78, 5) is 17.8. The van der Waals surface area contributed by atoms with Gasteiger partial charge in [-0.2, -0.15) is 0 Å². The number of carbonyl (C=O) groups excluding carboxylic acids is 1. The molecule has 1 amide bonds. The molecule has 110 valence electrons. The van der Waals surface area contributed by atoms with Crippen molar-refractivity contribution in [2.75, 3.05) is 33.4 Å². The molecule has 0 atom stereocenters. The van der Waals surface area contributed by atoms with Crippen LogP contribution in [-0.2, 0) is 19.8 Å². The number of rotatable bonds is 6. The maximum Gasteiger partial charge on any atom is 0.254 e. The highest BCUT2D eigenvalue weighted by molar-refractivity contribution is 5.87. The van der Waals surface area contributed by atoms with Crippen LogP contribution < -0.4 is 10.8 Å². The van der Waals surface area contributed by atoms with Crippen LogP contribution in [0.4, 0.5) is 0 Å². The van der Waals surface area contributed by atoms with E-state index in [4.69, 9.17) is 9.57 Å². The van der Waals surface area contributed by atoms with Gasteiger partial charge in [0.05, 0.1) is 18.6 Å². The van der Waals surface area contributed by atoms with E-state index in [-0.39, 0.29) is 5.91 Å². The number of hydroxylamine groups is 1. The predicted octanol–water partition coefficient (Wildman–Crippen LogP) is 1.00. The van der Waals surface area contributed by atoms with Crippen LogP contribution in [0.1, 0.15) is 18.4 Å². The normalized spacial score (nSPS) is 17.6. The maximum atomic E-state index is 12.6. The molecule has 0 bridgehead atoms. The predicted molar refractivity (Wildman–Crippen MR) is 76.2 cm³/mol. The van der Waals surface area contributed by atoms with E-state index in [1.807, 2.05) is 30.3 Å². The maximum absolute atomic E-state index is 12.6. The van der Waals surface area contributed by atoms with Crippen LogP contribution in [0.25, 0.3) is 0 Å². The molecule has 5 nitrogen and oxygen atoms in total. The van der Waals surface area contributed by atoms with E-state index in [1.54, 1.807) is 7.11 Å². The van der Waals surface area contributed by atoms with Gasteiger partial charge >= 0.3 is 0 Å². The number of methoxy groups -OCH3 is 1. The fourth-order valence-corrected chi connectivity index (χ4v) is 2.60. The summed E-state index contributed by atoms with van der Waals surface area (Å²) in [6.45, 7) is 2.48. The van der Waals surface area contributed by atoms with Crippen LogP contribution in [0, 0.1) is 0 Å². The highest BCUT2D eigenvalue weighted by Gasteiger charge is 2.41. The van der Waals surface area contributed by atoms with Crippen LogP contribution in [0.2, 0.25) is 0 Å². The summed E-state index contributed by atoms with van der Waals surface area (Å²) < 4.78 is 4.89. The Labute approximate surface area is 119 Å². The number of piperidine rings is 1. The number of benzene rings is 1. The third-order valence-electron chi connectivity index (χ3n) is 3.77. The molecular weight excluding hydrogens is 256 g/mol. The van der Waals surface area contributed by atoms with Crippen LogP contribution in [0.5, 0.6) is 0 Å². The summed E-state index contributed by atoms with van der Waals surface area (Å²) in [5.74, 6) is -0.0682. The van der Waals surface area contributed by atoms with E-state index in [1.165, 1.54) is 0 Å². The van der Waals surface area contributed by atoms with E-state index in [0.717, 1.165) is 31.5 Å². The number of amides is 1. The molecule has 20 heavy (non-hydrogen) atoms. The Kier molecular flexibility index (Phi) is 5.52. The van der Waals surface area contributed by atoms with Gasteiger partial charge in [-0.15, -0.1) is 0 Å². The molecule has 0 saturated carbocycles. The number of hydrogen-bond donors (Lipinski definition) is 2. The average Bonchev–Trinajstić information content (AvgIpc) is 2.53. The largest absolute Gasteiger partial charge is 0.382 e. The van der Waals surface area contributed by atoms with Crippen LogP contribution in [0.3, 0.4) is 0 Å². The molecule has 1 aliphatic rings. The minimum absolute atomic E-state index is 0.0682. The average molecular weight is 278 g/mol. The number of ether oxygens (including phenoxy) is 1. The van der Waals surface area contributed by atoms with Crippen molar-refractivity contribution in [1.29, 1.82) is 0 Å². The number of carbonyl (C=O) groups is 1. The number of hydrogen-bond acceptors (Lipinski definition) is 4. The fourth-order valence-electron chi connectivity index (χ4n) is 2.60. The van der Waals surface area contributed by atoms with Crippen molar-refractivity contribution in [3.05, 3.63) is 35.9 Å². The minimum Gasteiger partial charge on any atom is -0.382 e. The summed E-state index contributed by atoms with van der Waals surface area (Å²) in [6, 6.07) is 9.93. The van der Waals surface area contributed by atoms with Gasteiger partial charge in [0.15, 0.2) is 0 Å². The smallest absolute Gasteiger partial charge is 0.254 e. The van der Waals surface area contributed by atoms with E-state index < -0.39 is 5.41 Å². The van der Waals surface area contributed by atoms with E-state index >= 15 is 0 Å². The Morgan fingerprint density at radius 2 is 1.95 bits per heavy atom. The van der Waals surface area contributed by atoms with Gasteiger partial charge in [-0.05, 0) is 31.5 Å². The quantitative estimate of drug-likeness (QED) is 0.602. The highest BCUT2D eigenvalue weighted by Crippen LogP contribution is 2.33. The monoisotopic (exact) mass is 278 g/mol. The van der Waals surface area contributed by atoms with E-state index in [9.17, 15) is 4.79 Å². The van der Waals surface area contributed by atoms with Crippen LogP contribution in [-0.4, -0.2) is 39.3 Å². The lowest BCUT2D eigenvalue weighted by Gasteiger charge is -2.36. The Balaban J connectivity index is 2.09. The lowest BCUT2D eigenvalue weighted by atomic mass is 9.72. The molecule has 1 fully saturated rings. The van der Waals surface area contributed by atoms with Gasteiger partial charge in [0.25, 0.3) is 5.91 Å². The summed E-state index contributed by atoms with van der Waals surface area (Å²) in [7, 11) is 1.60. The van der Waals surface area contributed by atoms with Gasteiger partial charge in [0.2, 0.25) is 0 Å². The van der Waals surface area contributed by atoms with Crippen molar-refractivity contribution in [1.82, 2.24) is 10.8 Å². The van der Waals surface area contributed by atoms with Crippen molar-refractivity contribution in [2.24, 2.45) is 0 Å². The van der Waals surface area contributed by atoms with Crippen molar-refractivity contribution in [3.8, 4) is 0 Å². The summed E-state index contributed by atoms with van der Waals surface area (Å²) in [6.07, 6.45) is 1.55. The fraction of sp³-hybridized carbons (Fsp3) is 0.533. The second kappa shape index (κ2) is 7.38. The molecule has 0 aromatic heterocycles. The molecule has 1 saturated heterocycles. The van der Waals surface area contributed by atoms with Crippen LogP contribution in [0.15, 0.2) is 30.3 Å². The first-order valence-corrected chi connectivity index (χ1v) is 6.97. The van der Waals surface area contributed by atoms with Crippen molar-refractivity contribution in [2.45, 2.75) is 18.3 Å². The molecule has 2 N–H and O–H groups in total. The Morgan fingerprint density at radius 1 is 1.25 bits per heavy atom. The van der Waals surface area contributed by atoms with Gasteiger partial charge < -0.3 is 10.1 Å². The van der Waals surface area contributed by atoms with Crippen molar-refractivity contribution < 1.29 is 14.4 Å². The summed E-state index contributed by atoms with van der Waals surface area (Å²) >= 11 is 0. The molecule has 1 aliphatic heterocycles. The summed E-state index contributed by atoms with van der Waals surface area (Å²) in [5.41, 5.74) is 3.13. The molecule has 1 heterocycles. The van der Waals surface area contributed by atoms with Gasteiger partial charge in [0, 0.05) is 7.11 Å². The molecule has 0 spiro atoms. The van der Waals surface area contributed by atoms with E-state index in [2.05, 4.69) is 10.8 Å². The first-order chi connectivity index (χ1) is 9.79. The van der Waals surface area contributed by atoms with Crippen molar-refractivity contribution in [3.63, 3.8) is 0 Å². The SMILES string of the molecule is COCCONC(=O)C1(c2ccccc2)CCNCC1. The molecule has 2 rings (SSSR count). The second-order valence-corrected chi connectivity index (χ2v) is 4.97. The zero-order valence-electron chi connectivity index (χ0n) is 11.9. The van der Waals surface area contributed by atoms with Gasteiger partial charge in [-0.25, -0.2) is 5.48 Å². The van der Waals surface area contributed by atoms with E-state index in [0.29, 0.717) is 13.2 Å². The molecule has 5 heteroatoms. The lowest BCUT2D eigenvalue weighted by molar-refractivity contribution is -0.141. The molecular formula is C15H22N2O3. The van der Waals surface area contributed by atoms with Crippen LogP contribution >= 0.6 is 0 Å². The highest BCUT2D eigenvalue weighted by atomic mass is 16.7. The zero-order chi connectivity index (χ0) is 14.3. The molecule has 1 aromatic rings. The third kappa shape index (κ3) is 3.36. The Morgan fingerprint density at radius 3 is 2.60 bits per heavy atom. The topological polar surface area (TPSA) is 59.6 Å². The van der Waals surface area contributed by atoms with Crippen molar-refractivity contribution >= 4 is 5.91 Å². The lowest BCUT2D eigenvalue weighted by Crippen LogP contribution is -2.50. The standard InChI is InChI=1S/C15H22N2O3/c1-19-11-12-20-17-14(18)15(7-9-16-10-8-15)13-5-3-2-4-6-13/h2-6,16H,7-12H2,1H3,(H,17,18). The first-order valence-electron chi connectivity index (χ1n) is 6.97. The molecule has 1 aromatic carbocycles. The first kappa shape index (κ1) is 15.0. The Hall–Kier alpha value is -1.43. The van der Waals surface area contributed by atoms with Gasteiger partial charge in [0.1, 0.15) is 0 Å². The molecule has 0 unspecified atom stereocenters. The second-order valence-electron chi connectivity index (χ2n) is 4.97. The summed E-state index contributed by atoms with van der Waals surface area (Å²) in [5, 5.41) is 3.30. The number of nitrogens with one attached hydrogen (secondary N) is 2.